The first kappa shape index (κ1) is 21.9. The molecule has 4 aromatic rings. The molecule has 0 radical (unpaired) electrons. The molecule has 2 aromatic heterocycles. The predicted molar refractivity (Wildman–Crippen MR) is 124 cm³/mol. The van der Waals surface area contributed by atoms with Crippen molar-refractivity contribution in [2.75, 3.05) is 5.32 Å². The molecule has 2 aromatic carbocycles. The van der Waals surface area contributed by atoms with E-state index in [-0.39, 0.29) is 28.6 Å². The molecule has 0 spiro atoms. The number of nitro benzene ring substituents is 1. The summed E-state index contributed by atoms with van der Waals surface area (Å²) in [5.74, 6) is 0.0475. The Morgan fingerprint density at radius 3 is 2.52 bits per heavy atom. The van der Waals surface area contributed by atoms with Crippen LogP contribution >= 0.6 is 0 Å². The van der Waals surface area contributed by atoms with Gasteiger partial charge in [-0.15, -0.1) is 0 Å². The molecular weight excluding hydrogens is 424 g/mol. The smallest absolute Gasteiger partial charge is 0.271 e. The van der Waals surface area contributed by atoms with Gasteiger partial charge in [-0.3, -0.25) is 24.3 Å². The molecule has 0 aliphatic rings. The van der Waals surface area contributed by atoms with Crippen LogP contribution in [-0.4, -0.2) is 30.2 Å². The van der Waals surface area contributed by atoms with Crippen LogP contribution in [0.15, 0.2) is 65.7 Å². The number of nitro groups is 1. The molecule has 1 N–H and O–H groups in total. The highest BCUT2D eigenvalue weighted by atomic mass is 16.6. The zero-order chi connectivity index (χ0) is 23.8. The minimum atomic E-state index is -0.554. The fourth-order valence-electron chi connectivity index (χ4n) is 3.31. The van der Waals surface area contributed by atoms with Gasteiger partial charge in [0.1, 0.15) is 12.4 Å². The summed E-state index contributed by atoms with van der Waals surface area (Å²) in [7, 11) is 0. The van der Waals surface area contributed by atoms with E-state index in [0.29, 0.717) is 5.82 Å². The number of rotatable bonds is 5. The van der Waals surface area contributed by atoms with Crippen molar-refractivity contribution in [1.29, 1.82) is 0 Å². The van der Waals surface area contributed by atoms with Gasteiger partial charge < -0.3 is 5.32 Å². The van der Waals surface area contributed by atoms with Crippen molar-refractivity contribution in [2.24, 2.45) is 0 Å². The number of carbonyl (C=O) groups is 1. The molecule has 0 fully saturated rings. The van der Waals surface area contributed by atoms with E-state index in [0.717, 1.165) is 15.9 Å². The molecule has 168 valence electrons. The molecular formula is C23H22N6O4. The Kier molecular flexibility index (Phi) is 5.50. The van der Waals surface area contributed by atoms with E-state index < -0.39 is 16.4 Å². The van der Waals surface area contributed by atoms with Crippen LogP contribution in [0.3, 0.4) is 0 Å². The Bertz CT molecular complexity index is 1420. The van der Waals surface area contributed by atoms with Crippen LogP contribution in [0, 0.1) is 10.1 Å². The second-order valence-corrected chi connectivity index (χ2v) is 8.60. The molecule has 0 saturated carbocycles. The van der Waals surface area contributed by atoms with E-state index in [9.17, 15) is 19.7 Å². The van der Waals surface area contributed by atoms with Gasteiger partial charge in [0.15, 0.2) is 0 Å². The Hall–Kier alpha value is -4.34. The Labute approximate surface area is 188 Å². The van der Waals surface area contributed by atoms with Crippen molar-refractivity contribution in [3.8, 4) is 5.69 Å². The van der Waals surface area contributed by atoms with Crippen LogP contribution in [0.5, 0.6) is 0 Å². The average molecular weight is 446 g/mol. The first-order valence-electron chi connectivity index (χ1n) is 10.2. The van der Waals surface area contributed by atoms with Gasteiger partial charge in [0, 0.05) is 23.6 Å². The summed E-state index contributed by atoms with van der Waals surface area (Å²) in [5.41, 5.74) is 0.928. The number of carbonyl (C=O) groups excluding carboxylic acids is 1. The number of hydrogen-bond donors (Lipinski definition) is 1. The molecule has 0 unspecified atom stereocenters. The zero-order valence-corrected chi connectivity index (χ0v) is 18.3. The lowest BCUT2D eigenvalue weighted by Crippen LogP contribution is -2.28. The van der Waals surface area contributed by atoms with E-state index in [1.165, 1.54) is 24.5 Å². The number of non-ortho nitro benzene ring substituents is 1. The highest BCUT2D eigenvalue weighted by Gasteiger charge is 2.22. The molecule has 0 saturated heterocycles. The molecule has 0 aliphatic heterocycles. The number of hydrogen-bond acceptors (Lipinski definition) is 6. The summed E-state index contributed by atoms with van der Waals surface area (Å²) in [6, 6.07) is 15.0. The average Bonchev–Trinajstić information content (AvgIpc) is 3.20. The molecule has 0 aliphatic carbocycles. The number of amides is 1. The van der Waals surface area contributed by atoms with Gasteiger partial charge in [0.2, 0.25) is 5.91 Å². The molecule has 4 rings (SSSR count). The number of nitrogens with zero attached hydrogens (tertiary/aromatic N) is 5. The summed E-state index contributed by atoms with van der Waals surface area (Å²) >= 11 is 0. The lowest BCUT2D eigenvalue weighted by molar-refractivity contribution is -0.384. The third-order valence-corrected chi connectivity index (χ3v) is 5.08. The number of nitrogens with one attached hydrogen (secondary N) is 1. The van der Waals surface area contributed by atoms with E-state index in [1.54, 1.807) is 4.68 Å². The van der Waals surface area contributed by atoms with Crippen molar-refractivity contribution in [3.63, 3.8) is 0 Å². The number of para-hydroxylation sites is 1. The van der Waals surface area contributed by atoms with Crippen LogP contribution < -0.4 is 10.9 Å². The van der Waals surface area contributed by atoms with Crippen molar-refractivity contribution in [2.45, 2.75) is 32.7 Å². The van der Waals surface area contributed by atoms with Gasteiger partial charge in [0.25, 0.3) is 11.2 Å². The van der Waals surface area contributed by atoms with Crippen LogP contribution in [0.25, 0.3) is 16.6 Å². The minimum absolute atomic E-state index is 0.159. The standard InChI is InChI=1S/C23H22N6O4/c1-23(2,3)19-12-20(28(26-19)15-7-5-4-6-8-15)25-21(30)13-27-14-24-18-11-16(29(32)33)9-10-17(18)22(27)31/h4-12,14H,13H2,1-3H3,(H,25,30). The summed E-state index contributed by atoms with van der Waals surface area (Å²) in [5, 5.41) is 18.6. The quantitative estimate of drug-likeness (QED) is 0.370. The lowest BCUT2D eigenvalue weighted by atomic mass is 9.92. The lowest BCUT2D eigenvalue weighted by Gasteiger charge is -2.14. The maximum Gasteiger partial charge on any atom is 0.271 e. The van der Waals surface area contributed by atoms with Crippen molar-refractivity contribution >= 4 is 28.3 Å². The van der Waals surface area contributed by atoms with Gasteiger partial charge in [-0.1, -0.05) is 39.0 Å². The number of benzene rings is 2. The third-order valence-electron chi connectivity index (χ3n) is 5.08. The highest BCUT2D eigenvalue weighted by molar-refractivity contribution is 5.90. The topological polar surface area (TPSA) is 125 Å². The predicted octanol–water partition coefficient (Wildman–Crippen LogP) is 3.43. The second kappa shape index (κ2) is 8.30. The first-order chi connectivity index (χ1) is 15.6. The van der Waals surface area contributed by atoms with Gasteiger partial charge in [-0.25, -0.2) is 9.67 Å². The Morgan fingerprint density at radius 2 is 1.85 bits per heavy atom. The van der Waals surface area contributed by atoms with Gasteiger partial charge in [-0.2, -0.15) is 5.10 Å². The maximum absolute atomic E-state index is 12.8. The SMILES string of the molecule is CC(C)(C)c1cc(NC(=O)Cn2cnc3cc([N+](=O)[O-])ccc3c2=O)n(-c2ccccc2)n1. The summed E-state index contributed by atoms with van der Waals surface area (Å²) in [6.45, 7) is 5.81. The molecule has 0 atom stereocenters. The molecule has 1 amide bonds. The first-order valence-corrected chi connectivity index (χ1v) is 10.2. The largest absolute Gasteiger partial charge is 0.309 e. The summed E-state index contributed by atoms with van der Waals surface area (Å²) in [6.07, 6.45) is 1.21. The van der Waals surface area contributed by atoms with Crippen LogP contribution in [0.1, 0.15) is 26.5 Å². The van der Waals surface area contributed by atoms with Crippen LogP contribution in [0.2, 0.25) is 0 Å². The molecule has 0 bridgehead atoms. The highest BCUT2D eigenvalue weighted by Crippen LogP contribution is 2.26. The number of anilines is 1. The van der Waals surface area contributed by atoms with Gasteiger partial charge in [0.05, 0.1) is 33.5 Å². The summed E-state index contributed by atoms with van der Waals surface area (Å²) < 4.78 is 2.82. The maximum atomic E-state index is 12.8. The van der Waals surface area contributed by atoms with E-state index in [4.69, 9.17) is 0 Å². The Balaban J connectivity index is 1.63. The molecule has 10 nitrogen and oxygen atoms in total. The second-order valence-electron chi connectivity index (χ2n) is 8.60. The van der Waals surface area contributed by atoms with E-state index in [1.807, 2.05) is 57.2 Å². The van der Waals surface area contributed by atoms with Crippen LogP contribution in [0.4, 0.5) is 11.5 Å². The molecule has 10 heteroatoms. The van der Waals surface area contributed by atoms with E-state index in [2.05, 4.69) is 15.4 Å². The molecule has 2 heterocycles. The fraction of sp³-hybridized carbons (Fsp3) is 0.217. The normalized spacial score (nSPS) is 11.5. The van der Waals surface area contributed by atoms with Gasteiger partial charge >= 0.3 is 0 Å². The summed E-state index contributed by atoms with van der Waals surface area (Å²) in [4.78, 5) is 40.1. The fourth-order valence-corrected chi connectivity index (χ4v) is 3.31. The van der Waals surface area contributed by atoms with Crippen molar-refractivity contribution in [1.82, 2.24) is 19.3 Å². The van der Waals surface area contributed by atoms with Crippen molar-refractivity contribution < 1.29 is 9.72 Å². The third kappa shape index (κ3) is 4.49. The van der Waals surface area contributed by atoms with E-state index >= 15 is 0 Å². The molecule has 33 heavy (non-hydrogen) atoms. The van der Waals surface area contributed by atoms with Crippen LogP contribution in [-0.2, 0) is 16.8 Å². The van der Waals surface area contributed by atoms with Crippen molar-refractivity contribution in [3.05, 3.63) is 87.1 Å². The monoisotopic (exact) mass is 446 g/mol. The number of aromatic nitrogens is 4. The minimum Gasteiger partial charge on any atom is -0.309 e. The Morgan fingerprint density at radius 1 is 1.12 bits per heavy atom. The zero-order valence-electron chi connectivity index (χ0n) is 18.3. The van der Waals surface area contributed by atoms with Gasteiger partial charge in [-0.05, 0) is 18.2 Å². The number of fused-ring (bicyclic) bond motifs is 1.